The second kappa shape index (κ2) is 5.43. The van der Waals surface area contributed by atoms with Gasteiger partial charge in [0.25, 0.3) is 5.91 Å². The van der Waals surface area contributed by atoms with E-state index < -0.39 is 0 Å². The van der Waals surface area contributed by atoms with E-state index in [0.29, 0.717) is 5.56 Å². The number of benzene rings is 1. The number of hydrogen-bond acceptors (Lipinski definition) is 3. The van der Waals surface area contributed by atoms with Crippen LogP contribution in [0.3, 0.4) is 0 Å². The number of nitrogens with zero attached hydrogens (tertiary/aromatic N) is 1. The molecule has 1 aliphatic rings. The van der Waals surface area contributed by atoms with Crippen molar-refractivity contribution in [1.82, 2.24) is 4.90 Å². The molecule has 1 saturated carbocycles. The minimum absolute atomic E-state index is 0.0351. The average Bonchev–Trinajstić information content (AvgIpc) is 3.22. The molecule has 0 aliphatic heterocycles. The first kappa shape index (κ1) is 13.6. The monoisotopic (exact) mass is 261 g/mol. The van der Waals surface area contributed by atoms with Gasteiger partial charge in [0, 0.05) is 11.6 Å². The minimum Gasteiger partial charge on any atom is -0.468 e. The van der Waals surface area contributed by atoms with E-state index in [0.717, 1.165) is 24.0 Å². The number of aryl methyl sites for hydroxylation is 1. The van der Waals surface area contributed by atoms with E-state index in [1.54, 1.807) is 4.90 Å². The van der Waals surface area contributed by atoms with E-state index in [4.69, 9.17) is 0 Å². The van der Waals surface area contributed by atoms with Crippen molar-refractivity contribution in [3.8, 4) is 0 Å². The highest BCUT2D eigenvalue weighted by molar-refractivity contribution is 5.97. The number of carbonyl (C=O) groups excluding carboxylic acids is 2. The van der Waals surface area contributed by atoms with E-state index in [1.807, 2.05) is 32.0 Å². The molecule has 4 nitrogen and oxygen atoms in total. The fourth-order valence-electron chi connectivity index (χ4n) is 2.09. The van der Waals surface area contributed by atoms with Crippen molar-refractivity contribution in [3.05, 3.63) is 34.9 Å². The molecule has 0 bridgehead atoms. The number of carbonyl (C=O) groups is 2. The molecule has 0 saturated heterocycles. The van der Waals surface area contributed by atoms with Crippen LogP contribution in [0.1, 0.15) is 34.3 Å². The molecule has 1 aliphatic carbocycles. The molecule has 1 amide bonds. The van der Waals surface area contributed by atoms with Crippen LogP contribution in [-0.4, -0.2) is 36.5 Å². The zero-order valence-electron chi connectivity index (χ0n) is 11.6. The first-order valence-corrected chi connectivity index (χ1v) is 6.48. The number of esters is 1. The number of hydrogen-bond donors (Lipinski definition) is 0. The molecular weight excluding hydrogens is 242 g/mol. The third kappa shape index (κ3) is 2.95. The molecule has 4 heteroatoms. The Hall–Kier alpha value is -1.84. The van der Waals surface area contributed by atoms with Crippen molar-refractivity contribution in [3.63, 3.8) is 0 Å². The molecule has 2 rings (SSSR count). The van der Waals surface area contributed by atoms with Crippen molar-refractivity contribution in [2.75, 3.05) is 13.7 Å². The summed E-state index contributed by atoms with van der Waals surface area (Å²) >= 11 is 0. The summed E-state index contributed by atoms with van der Waals surface area (Å²) in [5.74, 6) is -0.445. The topological polar surface area (TPSA) is 46.6 Å². The quantitative estimate of drug-likeness (QED) is 0.780. The predicted molar refractivity (Wildman–Crippen MR) is 72.0 cm³/mol. The van der Waals surface area contributed by atoms with E-state index in [-0.39, 0.29) is 24.5 Å². The highest BCUT2D eigenvalue weighted by atomic mass is 16.5. The van der Waals surface area contributed by atoms with Crippen LogP contribution in [0, 0.1) is 13.8 Å². The van der Waals surface area contributed by atoms with Crippen molar-refractivity contribution < 1.29 is 14.3 Å². The molecule has 1 aromatic rings. The van der Waals surface area contributed by atoms with Crippen LogP contribution in [-0.2, 0) is 9.53 Å². The standard InChI is InChI=1S/C15H19NO3/c1-10-5-4-6-13(11(10)2)15(18)16(12-7-8-12)9-14(17)19-3/h4-6,12H,7-9H2,1-3H3. The molecule has 0 heterocycles. The van der Waals surface area contributed by atoms with Gasteiger partial charge in [-0.05, 0) is 43.9 Å². The van der Waals surface area contributed by atoms with Gasteiger partial charge in [-0.3, -0.25) is 9.59 Å². The summed E-state index contributed by atoms with van der Waals surface area (Å²) in [6.07, 6.45) is 1.93. The third-order valence-electron chi connectivity index (χ3n) is 3.61. The Balaban J connectivity index is 2.24. The maximum absolute atomic E-state index is 12.6. The third-order valence-corrected chi connectivity index (χ3v) is 3.61. The maximum Gasteiger partial charge on any atom is 0.325 e. The van der Waals surface area contributed by atoms with Crippen LogP contribution in [0.4, 0.5) is 0 Å². The number of amides is 1. The molecule has 19 heavy (non-hydrogen) atoms. The molecule has 0 N–H and O–H groups in total. The van der Waals surface area contributed by atoms with Crippen LogP contribution in [0.25, 0.3) is 0 Å². The summed E-state index contributed by atoms with van der Waals surface area (Å²) in [7, 11) is 1.34. The Morgan fingerprint density at radius 2 is 2.00 bits per heavy atom. The van der Waals surface area contributed by atoms with Gasteiger partial charge >= 0.3 is 5.97 Å². The molecule has 1 fully saturated rings. The molecule has 0 aromatic heterocycles. The summed E-state index contributed by atoms with van der Waals surface area (Å²) in [4.78, 5) is 25.6. The average molecular weight is 261 g/mol. The molecule has 0 unspecified atom stereocenters. The maximum atomic E-state index is 12.6. The summed E-state index contributed by atoms with van der Waals surface area (Å²) < 4.78 is 4.67. The van der Waals surface area contributed by atoms with Crippen molar-refractivity contribution in [2.45, 2.75) is 32.7 Å². The number of methoxy groups -OCH3 is 1. The summed E-state index contributed by atoms with van der Waals surface area (Å²) in [6.45, 7) is 3.95. The lowest BCUT2D eigenvalue weighted by molar-refractivity contribution is -0.141. The SMILES string of the molecule is COC(=O)CN(C(=O)c1cccc(C)c1C)C1CC1. The van der Waals surface area contributed by atoms with Gasteiger partial charge in [-0.1, -0.05) is 12.1 Å². The van der Waals surface area contributed by atoms with Crippen LogP contribution in [0.5, 0.6) is 0 Å². The molecular formula is C15H19NO3. The van der Waals surface area contributed by atoms with Crippen LogP contribution >= 0.6 is 0 Å². The number of ether oxygens (including phenoxy) is 1. The van der Waals surface area contributed by atoms with Gasteiger partial charge in [-0.25, -0.2) is 0 Å². The van der Waals surface area contributed by atoms with E-state index in [9.17, 15) is 9.59 Å². The summed E-state index contributed by atoms with van der Waals surface area (Å²) in [5.41, 5.74) is 2.73. The summed E-state index contributed by atoms with van der Waals surface area (Å²) in [6, 6.07) is 5.86. The molecule has 1 aromatic carbocycles. The van der Waals surface area contributed by atoms with Crippen molar-refractivity contribution in [2.24, 2.45) is 0 Å². The van der Waals surface area contributed by atoms with Crippen LogP contribution in [0.2, 0.25) is 0 Å². The Kier molecular flexibility index (Phi) is 3.88. The van der Waals surface area contributed by atoms with E-state index in [2.05, 4.69) is 4.74 Å². The van der Waals surface area contributed by atoms with Gasteiger partial charge in [-0.15, -0.1) is 0 Å². The minimum atomic E-state index is -0.370. The second-order valence-electron chi connectivity index (χ2n) is 4.99. The highest BCUT2D eigenvalue weighted by Gasteiger charge is 2.35. The van der Waals surface area contributed by atoms with Crippen molar-refractivity contribution in [1.29, 1.82) is 0 Å². The van der Waals surface area contributed by atoms with E-state index in [1.165, 1.54) is 7.11 Å². The molecule has 0 radical (unpaired) electrons. The first-order chi connectivity index (χ1) is 9.04. The fourth-order valence-corrected chi connectivity index (χ4v) is 2.09. The molecule has 102 valence electrons. The molecule has 0 atom stereocenters. The Bertz CT molecular complexity index is 506. The van der Waals surface area contributed by atoms with E-state index >= 15 is 0 Å². The normalized spacial score (nSPS) is 14.1. The fraction of sp³-hybridized carbons (Fsp3) is 0.467. The lowest BCUT2D eigenvalue weighted by Gasteiger charge is -2.22. The van der Waals surface area contributed by atoms with Gasteiger partial charge in [0.05, 0.1) is 7.11 Å². The Morgan fingerprint density at radius 1 is 1.32 bits per heavy atom. The number of rotatable bonds is 4. The van der Waals surface area contributed by atoms with Gasteiger partial charge in [-0.2, -0.15) is 0 Å². The highest BCUT2D eigenvalue weighted by Crippen LogP contribution is 2.29. The molecule has 0 spiro atoms. The lowest BCUT2D eigenvalue weighted by Crippen LogP contribution is -2.38. The predicted octanol–water partition coefficient (Wildman–Crippen LogP) is 2.08. The lowest BCUT2D eigenvalue weighted by atomic mass is 10.0. The smallest absolute Gasteiger partial charge is 0.325 e. The van der Waals surface area contributed by atoms with Crippen LogP contribution in [0.15, 0.2) is 18.2 Å². The van der Waals surface area contributed by atoms with Gasteiger partial charge in [0.15, 0.2) is 0 Å². The Labute approximate surface area is 113 Å². The van der Waals surface area contributed by atoms with Gasteiger partial charge < -0.3 is 9.64 Å². The van der Waals surface area contributed by atoms with Gasteiger partial charge in [0.1, 0.15) is 6.54 Å². The first-order valence-electron chi connectivity index (χ1n) is 6.48. The zero-order valence-corrected chi connectivity index (χ0v) is 11.6. The van der Waals surface area contributed by atoms with Crippen LogP contribution < -0.4 is 0 Å². The second-order valence-corrected chi connectivity index (χ2v) is 4.99. The summed E-state index contributed by atoms with van der Waals surface area (Å²) in [5, 5.41) is 0. The zero-order chi connectivity index (χ0) is 14.0. The van der Waals surface area contributed by atoms with Crippen molar-refractivity contribution >= 4 is 11.9 Å². The van der Waals surface area contributed by atoms with Gasteiger partial charge in [0.2, 0.25) is 0 Å². The Morgan fingerprint density at radius 3 is 2.58 bits per heavy atom. The largest absolute Gasteiger partial charge is 0.468 e.